The van der Waals surface area contributed by atoms with Crippen LogP contribution in [-0.2, 0) is 17.0 Å². The van der Waals surface area contributed by atoms with Crippen molar-refractivity contribution in [1.82, 2.24) is 5.32 Å². The Morgan fingerprint density at radius 1 is 1.04 bits per heavy atom. The highest BCUT2D eigenvalue weighted by atomic mass is 32.2. The molecule has 1 amide bonds. The van der Waals surface area contributed by atoms with Gasteiger partial charge in [0.05, 0.1) is 0 Å². The Labute approximate surface area is 157 Å². The number of carbonyl (C=O) groups is 2. The van der Waals surface area contributed by atoms with Crippen LogP contribution in [0.25, 0.3) is 0 Å². The standard InChI is InChI=1S/C20H23NO4S/c1-2-26-14-16-3-7-17(8-4-16)20(24)21-12-11-15-5-9-18(10-6-15)25-13-19(22)23/h3-10H,2,11-14H2,1H3,(H,21,24)(H,22,23). The molecular formula is C20H23NO4S. The highest BCUT2D eigenvalue weighted by Crippen LogP contribution is 2.14. The molecule has 2 N–H and O–H groups in total. The number of carbonyl (C=O) groups excluding carboxylic acids is 1. The number of hydrogen-bond acceptors (Lipinski definition) is 4. The summed E-state index contributed by atoms with van der Waals surface area (Å²) >= 11 is 1.85. The molecule has 0 aliphatic heterocycles. The molecule has 0 saturated carbocycles. The number of carboxylic acid groups (broad SMARTS) is 1. The van der Waals surface area contributed by atoms with Gasteiger partial charge in [0.15, 0.2) is 6.61 Å². The molecule has 0 aliphatic rings. The summed E-state index contributed by atoms with van der Waals surface area (Å²) in [4.78, 5) is 22.6. The van der Waals surface area contributed by atoms with Crippen LogP contribution in [0.4, 0.5) is 0 Å². The van der Waals surface area contributed by atoms with E-state index in [-0.39, 0.29) is 12.5 Å². The van der Waals surface area contributed by atoms with Gasteiger partial charge < -0.3 is 15.2 Å². The van der Waals surface area contributed by atoms with Crippen molar-refractivity contribution in [2.45, 2.75) is 19.1 Å². The minimum atomic E-state index is -1.01. The molecule has 2 rings (SSSR count). The Morgan fingerprint density at radius 3 is 2.31 bits per heavy atom. The van der Waals surface area contributed by atoms with E-state index in [1.165, 1.54) is 5.56 Å². The molecule has 5 nitrogen and oxygen atoms in total. The van der Waals surface area contributed by atoms with Crippen LogP contribution in [0.3, 0.4) is 0 Å². The van der Waals surface area contributed by atoms with Gasteiger partial charge in [0.2, 0.25) is 0 Å². The first-order chi connectivity index (χ1) is 12.6. The van der Waals surface area contributed by atoms with Gasteiger partial charge >= 0.3 is 5.97 Å². The van der Waals surface area contributed by atoms with Gasteiger partial charge in [-0.1, -0.05) is 31.2 Å². The Hall–Kier alpha value is -2.47. The highest BCUT2D eigenvalue weighted by Gasteiger charge is 2.05. The first-order valence-electron chi connectivity index (χ1n) is 8.47. The first-order valence-corrected chi connectivity index (χ1v) is 9.62. The second kappa shape index (κ2) is 10.5. The van der Waals surface area contributed by atoms with E-state index in [9.17, 15) is 9.59 Å². The van der Waals surface area contributed by atoms with Crippen LogP contribution in [0.2, 0.25) is 0 Å². The highest BCUT2D eigenvalue weighted by molar-refractivity contribution is 7.98. The number of carboxylic acids is 1. The smallest absolute Gasteiger partial charge is 0.341 e. The number of amides is 1. The van der Waals surface area contributed by atoms with Crippen LogP contribution in [0.5, 0.6) is 5.75 Å². The van der Waals surface area contributed by atoms with Crippen LogP contribution in [-0.4, -0.2) is 35.9 Å². The average Bonchev–Trinajstić information content (AvgIpc) is 2.66. The quantitative estimate of drug-likeness (QED) is 0.668. The zero-order valence-electron chi connectivity index (χ0n) is 14.7. The molecule has 0 saturated heterocycles. The van der Waals surface area contributed by atoms with Crippen LogP contribution in [0, 0.1) is 0 Å². The summed E-state index contributed by atoms with van der Waals surface area (Å²) < 4.78 is 5.09. The number of thioether (sulfide) groups is 1. The van der Waals surface area contributed by atoms with Crippen LogP contribution in [0.1, 0.15) is 28.4 Å². The van der Waals surface area contributed by atoms with Crippen molar-refractivity contribution in [3.63, 3.8) is 0 Å². The van der Waals surface area contributed by atoms with Crippen molar-refractivity contribution in [3.8, 4) is 5.75 Å². The monoisotopic (exact) mass is 373 g/mol. The van der Waals surface area contributed by atoms with Crippen molar-refractivity contribution in [3.05, 3.63) is 65.2 Å². The molecular weight excluding hydrogens is 350 g/mol. The van der Waals surface area contributed by atoms with Crippen LogP contribution in [0.15, 0.2) is 48.5 Å². The Kier molecular flexibility index (Phi) is 8.02. The van der Waals surface area contributed by atoms with Gasteiger partial charge in [-0.25, -0.2) is 4.79 Å². The summed E-state index contributed by atoms with van der Waals surface area (Å²) in [5.41, 5.74) is 2.92. The lowest BCUT2D eigenvalue weighted by Crippen LogP contribution is -2.25. The van der Waals surface area contributed by atoms with E-state index in [0.717, 1.165) is 17.1 Å². The summed E-state index contributed by atoms with van der Waals surface area (Å²) in [6.45, 7) is 2.30. The summed E-state index contributed by atoms with van der Waals surface area (Å²) in [5, 5.41) is 11.5. The fourth-order valence-electron chi connectivity index (χ4n) is 2.29. The number of ether oxygens (including phenoxy) is 1. The second-order valence-electron chi connectivity index (χ2n) is 5.67. The van der Waals surface area contributed by atoms with E-state index in [2.05, 4.69) is 12.2 Å². The number of nitrogens with one attached hydrogen (secondary N) is 1. The summed E-state index contributed by atoms with van der Waals surface area (Å²) in [7, 11) is 0. The molecule has 0 spiro atoms. The maximum absolute atomic E-state index is 12.2. The fraction of sp³-hybridized carbons (Fsp3) is 0.300. The Morgan fingerprint density at radius 2 is 1.69 bits per heavy atom. The first kappa shape index (κ1) is 19.8. The van der Waals surface area contributed by atoms with Gasteiger partial charge in [-0.2, -0.15) is 11.8 Å². The van der Waals surface area contributed by atoms with Gasteiger partial charge in [-0.15, -0.1) is 0 Å². The van der Waals surface area contributed by atoms with Crippen molar-refractivity contribution in [2.75, 3.05) is 18.9 Å². The van der Waals surface area contributed by atoms with Crippen molar-refractivity contribution in [1.29, 1.82) is 0 Å². The normalized spacial score (nSPS) is 10.3. The molecule has 0 unspecified atom stereocenters. The summed E-state index contributed by atoms with van der Waals surface area (Å²) in [5.74, 6) is 1.47. The van der Waals surface area contributed by atoms with E-state index in [4.69, 9.17) is 9.84 Å². The number of rotatable bonds is 10. The zero-order chi connectivity index (χ0) is 18.8. The average molecular weight is 373 g/mol. The molecule has 0 heterocycles. The molecule has 138 valence electrons. The SMILES string of the molecule is CCSCc1ccc(C(=O)NCCc2ccc(OCC(=O)O)cc2)cc1. The van der Waals surface area contributed by atoms with Gasteiger partial charge in [0.1, 0.15) is 5.75 Å². The molecule has 2 aromatic carbocycles. The molecule has 26 heavy (non-hydrogen) atoms. The Balaban J connectivity index is 1.76. The van der Waals surface area contributed by atoms with Gasteiger partial charge in [-0.05, 0) is 47.6 Å². The second-order valence-corrected chi connectivity index (χ2v) is 6.94. The maximum Gasteiger partial charge on any atom is 0.341 e. The van der Waals surface area contributed by atoms with E-state index < -0.39 is 5.97 Å². The minimum Gasteiger partial charge on any atom is -0.482 e. The van der Waals surface area contributed by atoms with E-state index in [1.54, 1.807) is 12.1 Å². The predicted molar refractivity (Wildman–Crippen MR) is 104 cm³/mol. The van der Waals surface area contributed by atoms with Crippen molar-refractivity contribution < 1.29 is 19.4 Å². The van der Waals surface area contributed by atoms with E-state index in [1.807, 2.05) is 48.2 Å². The minimum absolute atomic E-state index is 0.0823. The maximum atomic E-state index is 12.2. The molecule has 0 atom stereocenters. The van der Waals surface area contributed by atoms with E-state index >= 15 is 0 Å². The third-order valence-electron chi connectivity index (χ3n) is 3.67. The third-order valence-corrected chi connectivity index (χ3v) is 4.62. The molecule has 0 radical (unpaired) electrons. The topological polar surface area (TPSA) is 75.6 Å². The molecule has 0 bridgehead atoms. The lowest BCUT2D eigenvalue weighted by atomic mass is 10.1. The van der Waals surface area contributed by atoms with Crippen LogP contribution < -0.4 is 10.1 Å². The van der Waals surface area contributed by atoms with Crippen molar-refractivity contribution >= 4 is 23.6 Å². The van der Waals surface area contributed by atoms with Crippen LogP contribution >= 0.6 is 11.8 Å². The lowest BCUT2D eigenvalue weighted by Gasteiger charge is -2.08. The molecule has 0 fully saturated rings. The van der Waals surface area contributed by atoms with Gasteiger partial charge in [-0.3, -0.25) is 4.79 Å². The summed E-state index contributed by atoms with van der Waals surface area (Å²) in [6, 6.07) is 14.9. The van der Waals surface area contributed by atoms with Crippen molar-refractivity contribution in [2.24, 2.45) is 0 Å². The molecule has 0 aliphatic carbocycles. The fourth-order valence-corrected chi connectivity index (χ4v) is 2.92. The van der Waals surface area contributed by atoms with Gasteiger partial charge in [0.25, 0.3) is 5.91 Å². The molecule has 2 aromatic rings. The predicted octanol–water partition coefficient (Wildman–Crippen LogP) is 3.38. The molecule has 0 aromatic heterocycles. The van der Waals surface area contributed by atoms with Gasteiger partial charge in [0, 0.05) is 17.9 Å². The lowest BCUT2D eigenvalue weighted by molar-refractivity contribution is -0.139. The Bertz CT molecular complexity index is 714. The number of aliphatic carboxylic acids is 1. The molecule has 6 heteroatoms. The third kappa shape index (κ3) is 6.80. The zero-order valence-corrected chi connectivity index (χ0v) is 15.6. The number of benzene rings is 2. The van der Waals surface area contributed by atoms with E-state index in [0.29, 0.717) is 24.3 Å². The summed E-state index contributed by atoms with van der Waals surface area (Å²) in [6.07, 6.45) is 0.691. The number of hydrogen-bond donors (Lipinski definition) is 2. The largest absolute Gasteiger partial charge is 0.482 e.